The molecule has 1 saturated heterocycles. The minimum Gasteiger partial charge on any atom is -0.395 e. The molecule has 0 amide bonds. The molecule has 0 bridgehead atoms. The Labute approximate surface area is 124 Å². The highest BCUT2D eigenvalue weighted by Crippen LogP contribution is 2.32. The Morgan fingerprint density at radius 2 is 2.10 bits per heavy atom. The van der Waals surface area contributed by atoms with Gasteiger partial charge in [-0.3, -0.25) is 4.90 Å². The van der Waals surface area contributed by atoms with E-state index in [1.807, 2.05) is 24.4 Å². The molecule has 2 aromatic heterocycles. The van der Waals surface area contributed by atoms with E-state index in [2.05, 4.69) is 32.3 Å². The molecule has 5 heteroatoms. The van der Waals surface area contributed by atoms with E-state index < -0.39 is 0 Å². The summed E-state index contributed by atoms with van der Waals surface area (Å²) in [5.41, 5.74) is 1.24. The zero-order valence-electron chi connectivity index (χ0n) is 11.9. The third-order valence-corrected chi connectivity index (χ3v) is 3.84. The van der Waals surface area contributed by atoms with E-state index in [9.17, 15) is 0 Å². The zero-order chi connectivity index (χ0) is 14.5. The molecule has 5 nitrogen and oxygen atoms in total. The molecule has 3 rings (SSSR count). The predicted molar refractivity (Wildman–Crippen MR) is 82.4 cm³/mol. The van der Waals surface area contributed by atoms with Crippen molar-refractivity contribution < 1.29 is 5.11 Å². The van der Waals surface area contributed by atoms with Crippen molar-refractivity contribution in [3.8, 4) is 0 Å². The van der Waals surface area contributed by atoms with Crippen molar-refractivity contribution in [1.82, 2.24) is 14.9 Å². The summed E-state index contributed by atoms with van der Waals surface area (Å²) >= 11 is 0. The second-order valence-corrected chi connectivity index (χ2v) is 5.23. The fourth-order valence-corrected chi connectivity index (χ4v) is 2.89. The third-order valence-electron chi connectivity index (χ3n) is 3.84. The van der Waals surface area contributed by atoms with Gasteiger partial charge < -0.3 is 10.4 Å². The van der Waals surface area contributed by atoms with Gasteiger partial charge in [0.05, 0.1) is 6.61 Å². The van der Waals surface area contributed by atoms with Crippen LogP contribution in [0, 0.1) is 0 Å². The van der Waals surface area contributed by atoms with Gasteiger partial charge in [0.15, 0.2) is 0 Å². The highest BCUT2D eigenvalue weighted by molar-refractivity contribution is 5.52. The lowest BCUT2D eigenvalue weighted by molar-refractivity contribution is 0.185. The van der Waals surface area contributed by atoms with Crippen molar-refractivity contribution in [2.24, 2.45) is 0 Å². The maximum atomic E-state index is 9.17. The molecule has 3 heterocycles. The van der Waals surface area contributed by atoms with E-state index in [1.54, 1.807) is 6.20 Å². The average Bonchev–Trinajstić information content (AvgIpc) is 2.97. The molecule has 1 atom stereocenters. The summed E-state index contributed by atoms with van der Waals surface area (Å²) in [7, 11) is 0. The van der Waals surface area contributed by atoms with Crippen molar-refractivity contribution in [2.75, 3.05) is 25.0 Å². The van der Waals surface area contributed by atoms with Crippen molar-refractivity contribution in [3.05, 3.63) is 48.3 Å². The summed E-state index contributed by atoms with van der Waals surface area (Å²) in [5.74, 6) is 1.60. The van der Waals surface area contributed by atoms with Crippen LogP contribution >= 0.6 is 0 Å². The second-order valence-electron chi connectivity index (χ2n) is 5.23. The average molecular weight is 284 g/mol. The first kappa shape index (κ1) is 14.0. The summed E-state index contributed by atoms with van der Waals surface area (Å²) < 4.78 is 0. The minimum atomic E-state index is 0.209. The number of hydrogen-bond acceptors (Lipinski definition) is 5. The highest BCUT2D eigenvalue weighted by atomic mass is 16.3. The molecule has 1 unspecified atom stereocenters. The molecule has 0 spiro atoms. The van der Waals surface area contributed by atoms with Crippen molar-refractivity contribution in [2.45, 2.75) is 18.9 Å². The van der Waals surface area contributed by atoms with Crippen LogP contribution in [0.25, 0.3) is 0 Å². The first-order chi connectivity index (χ1) is 10.4. The SMILES string of the molecule is OCCN1CCCC1c1ccnc(Nc2ccccn2)c1. The zero-order valence-corrected chi connectivity index (χ0v) is 11.9. The van der Waals surface area contributed by atoms with Gasteiger partial charge in [-0.1, -0.05) is 6.07 Å². The minimum absolute atomic E-state index is 0.209. The van der Waals surface area contributed by atoms with Gasteiger partial charge in [0.2, 0.25) is 0 Å². The molecule has 0 aromatic carbocycles. The van der Waals surface area contributed by atoms with Crippen molar-refractivity contribution in [3.63, 3.8) is 0 Å². The number of nitrogens with zero attached hydrogens (tertiary/aromatic N) is 3. The number of likely N-dealkylation sites (tertiary alicyclic amines) is 1. The van der Waals surface area contributed by atoms with Crippen LogP contribution in [0.15, 0.2) is 42.7 Å². The number of nitrogens with one attached hydrogen (secondary N) is 1. The van der Waals surface area contributed by atoms with Gasteiger partial charge in [-0.2, -0.15) is 0 Å². The Kier molecular flexibility index (Phi) is 4.43. The van der Waals surface area contributed by atoms with Crippen molar-refractivity contribution in [1.29, 1.82) is 0 Å². The largest absolute Gasteiger partial charge is 0.395 e. The Morgan fingerprint density at radius 1 is 1.19 bits per heavy atom. The van der Waals surface area contributed by atoms with E-state index >= 15 is 0 Å². The maximum Gasteiger partial charge on any atom is 0.131 e. The Morgan fingerprint density at radius 3 is 2.90 bits per heavy atom. The Bertz CT molecular complexity index is 575. The molecule has 110 valence electrons. The molecular weight excluding hydrogens is 264 g/mol. The normalized spacial score (nSPS) is 18.8. The standard InChI is InChI=1S/C16H20N4O/c21-11-10-20-9-3-4-14(20)13-6-8-18-16(12-13)19-15-5-1-2-7-17-15/h1-2,5-8,12,14,21H,3-4,9-11H2,(H,17,18,19). The fraction of sp³-hybridized carbons (Fsp3) is 0.375. The first-order valence-corrected chi connectivity index (χ1v) is 7.36. The number of aliphatic hydroxyl groups is 1. The Balaban J connectivity index is 1.77. The lowest BCUT2D eigenvalue weighted by atomic mass is 10.1. The van der Waals surface area contributed by atoms with Crippen LogP contribution in [0.5, 0.6) is 0 Å². The first-order valence-electron chi connectivity index (χ1n) is 7.36. The van der Waals surface area contributed by atoms with E-state index in [0.717, 1.165) is 31.1 Å². The number of hydrogen-bond donors (Lipinski definition) is 2. The molecule has 2 N–H and O–H groups in total. The molecular formula is C16H20N4O. The summed E-state index contributed by atoms with van der Waals surface area (Å²) in [6.07, 6.45) is 5.89. The second kappa shape index (κ2) is 6.65. The molecule has 21 heavy (non-hydrogen) atoms. The van der Waals surface area contributed by atoms with Gasteiger partial charge in [0.25, 0.3) is 0 Å². The van der Waals surface area contributed by atoms with Crippen LogP contribution in [0.2, 0.25) is 0 Å². The lowest BCUT2D eigenvalue weighted by Gasteiger charge is -2.24. The molecule has 2 aromatic rings. The number of β-amino-alcohol motifs (C(OH)–C–C–N with tert-alkyl or cyclic N) is 1. The van der Waals surface area contributed by atoms with Crippen LogP contribution in [0.3, 0.4) is 0 Å². The van der Waals surface area contributed by atoms with E-state index in [0.29, 0.717) is 6.04 Å². The molecule has 1 aliphatic rings. The molecule has 1 fully saturated rings. The van der Waals surface area contributed by atoms with Crippen LogP contribution in [-0.4, -0.2) is 39.7 Å². The summed E-state index contributed by atoms with van der Waals surface area (Å²) in [5, 5.41) is 12.4. The molecule has 0 aliphatic carbocycles. The number of pyridine rings is 2. The van der Waals surface area contributed by atoms with Gasteiger partial charge in [0.1, 0.15) is 11.6 Å². The topological polar surface area (TPSA) is 61.3 Å². The van der Waals surface area contributed by atoms with Gasteiger partial charge in [-0.05, 0) is 49.2 Å². The molecule has 0 saturated carbocycles. The van der Waals surface area contributed by atoms with Crippen molar-refractivity contribution >= 4 is 11.6 Å². The fourth-order valence-electron chi connectivity index (χ4n) is 2.89. The summed E-state index contributed by atoms with van der Waals surface area (Å²) in [6, 6.07) is 10.3. The monoisotopic (exact) mass is 284 g/mol. The van der Waals surface area contributed by atoms with Crippen LogP contribution in [-0.2, 0) is 0 Å². The van der Waals surface area contributed by atoms with Gasteiger partial charge >= 0.3 is 0 Å². The third kappa shape index (κ3) is 3.37. The molecule has 1 aliphatic heterocycles. The quantitative estimate of drug-likeness (QED) is 0.882. The number of aliphatic hydroxyl groups excluding tert-OH is 1. The predicted octanol–water partition coefficient (Wildman–Crippen LogP) is 2.35. The van der Waals surface area contributed by atoms with E-state index in [1.165, 1.54) is 12.0 Å². The number of aromatic nitrogens is 2. The smallest absolute Gasteiger partial charge is 0.131 e. The lowest BCUT2D eigenvalue weighted by Crippen LogP contribution is -2.26. The summed E-state index contributed by atoms with van der Waals surface area (Å²) in [6.45, 7) is 1.99. The number of rotatable bonds is 5. The van der Waals surface area contributed by atoms with Gasteiger partial charge in [0, 0.05) is 25.0 Å². The number of anilines is 2. The van der Waals surface area contributed by atoms with Gasteiger partial charge in [-0.25, -0.2) is 9.97 Å². The van der Waals surface area contributed by atoms with Crippen LogP contribution < -0.4 is 5.32 Å². The van der Waals surface area contributed by atoms with Crippen LogP contribution in [0.4, 0.5) is 11.6 Å². The van der Waals surface area contributed by atoms with E-state index in [4.69, 9.17) is 5.11 Å². The maximum absolute atomic E-state index is 9.17. The van der Waals surface area contributed by atoms with E-state index in [-0.39, 0.29) is 6.61 Å². The summed E-state index contributed by atoms with van der Waals surface area (Å²) in [4.78, 5) is 10.9. The molecule has 0 radical (unpaired) electrons. The van der Waals surface area contributed by atoms with Gasteiger partial charge in [-0.15, -0.1) is 0 Å². The highest BCUT2D eigenvalue weighted by Gasteiger charge is 2.25. The Hall–Kier alpha value is -1.98. The van der Waals surface area contributed by atoms with Crippen LogP contribution in [0.1, 0.15) is 24.4 Å².